The van der Waals surface area contributed by atoms with Gasteiger partial charge in [0.2, 0.25) is 0 Å². The number of unbranched alkanes of at least 4 members (excludes halogenated alkanes) is 1. The average molecular weight is 334 g/mol. The first kappa shape index (κ1) is 16.8. The van der Waals surface area contributed by atoms with Crippen molar-refractivity contribution in [1.82, 2.24) is 0 Å². The minimum atomic E-state index is -0.673. The Labute approximate surface area is 103 Å². The van der Waals surface area contributed by atoms with Crippen LogP contribution in [0.3, 0.4) is 0 Å². The minimum absolute atomic E-state index is 0. The Morgan fingerprint density at radius 2 is 1.31 bits per heavy atom. The van der Waals surface area contributed by atoms with Crippen LogP contribution < -0.4 is 17.0 Å². The molecule has 0 atom stereocenters. The SMILES string of the molecule is CCCC[P+](Br)(CCC)CCC.[Br-]. The van der Waals surface area contributed by atoms with Gasteiger partial charge in [-0.1, -0.05) is 27.2 Å². The van der Waals surface area contributed by atoms with Gasteiger partial charge in [-0.15, -0.1) is 0 Å². The minimum Gasteiger partial charge on any atom is -1.00 e. The third-order valence-electron chi connectivity index (χ3n) is 2.16. The van der Waals surface area contributed by atoms with Crippen molar-refractivity contribution >= 4 is 21.5 Å². The van der Waals surface area contributed by atoms with E-state index in [1.165, 1.54) is 44.2 Å². The van der Waals surface area contributed by atoms with Crippen LogP contribution >= 0.6 is 21.5 Å². The summed E-state index contributed by atoms with van der Waals surface area (Å²) in [6, 6.07) is 0. The summed E-state index contributed by atoms with van der Waals surface area (Å²) in [4.78, 5) is 0. The third-order valence-corrected chi connectivity index (χ3v) is 8.97. The number of rotatable bonds is 7. The maximum absolute atomic E-state index is 4.02. The molecular formula is C10H23Br2P. The van der Waals surface area contributed by atoms with Crippen LogP contribution in [0.25, 0.3) is 0 Å². The van der Waals surface area contributed by atoms with Gasteiger partial charge in [0.05, 0.1) is 24.5 Å². The van der Waals surface area contributed by atoms with E-state index in [2.05, 4.69) is 36.3 Å². The average Bonchev–Trinajstić information content (AvgIpc) is 2.02. The second kappa shape index (κ2) is 9.93. The predicted molar refractivity (Wildman–Crippen MR) is 65.9 cm³/mol. The molecule has 0 aliphatic carbocycles. The van der Waals surface area contributed by atoms with Crippen LogP contribution in [0, 0.1) is 0 Å². The van der Waals surface area contributed by atoms with E-state index in [1.54, 1.807) is 0 Å². The quantitative estimate of drug-likeness (QED) is 0.625. The molecule has 0 aliphatic rings. The van der Waals surface area contributed by atoms with Gasteiger partial charge >= 0.3 is 0 Å². The van der Waals surface area contributed by atoms with Gasteiger partial charge < -0.3 is 17.0 Å². The van der Waals surface area contributed by atoms with Crippen LogP contribution in [0.1, 0.15) is 46.5 Å². The summed E-state index contributed by atoms with van der Waals surface area (Å²) in [7, 11) is 0. The first-order valence-electron chi connectivity index (χ1n) is 5.24. The maximum Gasteiger partial charge on any atom is 0.138 e. The Balaban J connectivity index is 0. The molecule has 0 bridgehead atoms. The summed E-state index contributed by atoms with van der Waals surface area (Å²) in [6.45, 7) is 6.89. The monoisotopic (exact) mass is 332 g/mol. The van der Waals surface area contributed by atoms with Crippen LogP contribution in [0.15, 0.2) is 0 Å². The van der Waals surface area contributed by atoms with Gasteiger partial charge in [-0.2, -0.15) is 0 Å². The van der Waals surface area contributed by atoms with Gasteiger partial charge in [0.15, 0.2) is 0 Å². The number of hydrogen-bond donors (Lipinski definition) is 0. The molecule has 0 spiro atoms. The van der Waals surface area contributed by atoms with E-state index >= 15 is 0 Å². The van der Waals surface area contributed by atoms with Crippen LogP contribution in [-0.4, -0.2) is 18.5 Å². The molecular weight excluding hydrogens is 311 g/mol. The van der Waals surface area contributed by atoms with Crippen LogP contribution in [0.4, 0.5) is 0 Å². The highest BCUT2D eigenvalue weighted by atomic mass is 79.9. The van der Waals surface area contributed by atoms with Gasteiger partial charge in [-0.3, -0.25) is 0 Å². The van der Waals surface area contributed by atoms with E-state index in [-0.39, 0.29) is 17.0 Å². The topological polar surface area (TPSA) is 0 Å². The third kappa shape index (κ3) is 8.39. The van der Waals surface area contributed by atoms with Crippen molar-refractivity contribution in [3.63, 3.8) is 0 Å². The molecule has 0 amide bonds. The van der Waals surface area contributed by atoms with Gasteiger partial charge in [0, 0.05) is 0 Å². The number of hydrogen-bond acceptors (Lipinski definition) is 0. The molecule has 0 aromatic heterocycles. The number of halogens is 2. The summed E-state index contributed by atoms with van der Waals surface area (Å²) < 4.78 is 0. The highest BCUT2D eigenvalue weighted by Gasteiger charge is 2.31. The van der Waals surface area contributed by atoms with E-state index in [1.807, 2.05) is 0 Å². The molecule has 0 nitrogen and oxygen atoms in total. The maximum atomic E-state index is 4.02. The summed E-state index contributed by atoms with van der Waals surface area (Å²) in [5, 5.41) is 0. The van der Waals surface area contributed by atoms with Gasteiger partial charge in [0.1, 0.15) is 15.5 Å². The summed E-state index contributed by atoms with van der Waals surface area (Å²) in [6.07, 6.45) is 9.82. The molecule has 0 aliphatic heterocycles. The second-order valence-corrected chi connectivity index (χ2v) is 11.5. The van der Waals surface area contributed by atoms with E-state index in [0.29, 0.717) is 0 Å². The standard InChI is InChI=1S/C10H23BrP.BrH/c1-4-7-10-12(11,8-5-2)9-6-3;/h4-10H2,1-3H3;1H/q+1;/p-1. The fourth-order valence-electron chi connectivity index (χ4n) is 1.58. The van der Waals surface area contributed by atoms with Crippen molar-refractivity contribution in [3.8, 4) is 0 Å². The van der Waals surface area contributed by atoms with Gasteiger partial charge in [0.25, 0.3) is 0 Å². The molecule has 0 fully saturated rings. The lowest BCUT2D eigenvalue weighted by Crippen LogP contribution is -3.00. The summed E-state index contributed by atoms with van der Waals surface area (Å²) >= 11 is 4.02. The molecule has 0 unspecified atom stereocenters. The molecule has 0 rings (SSSR count). The van der Waals surface area contributed by atoms with Crippen LogP contribution in [0.2, 0.25) is 0 Å². The van der Waals surface area contributed by atoms with E-state index in [4.69, 9.17) is 0 Å². The fourth-order valence-corrected chi connectivity index (χ4v) is 7.62. The van der Waals surface area contributed by atoms with Crippen molar-refractivity contribution in [2.45, 2.75) is 46.5 Å². The zero-order valence-corrected chi connectivity index (χ0v) is 13.2. The Bertz CT molecular complexity index is 101. The highest BCUT2D eigenvalue weighted by molar-refractivity contribution is 9.42. The molecule has 0 aromatic rings. The lowest BCUT2D eigenvalue weighted by molar-refractivity contribution is -0.00000270. The van der Waals surface area contributed by atoms with Crippen LogP contribution in [0.5, 0.6) is 0 Å². The zero-order valence-electron chi connectivity index (χ0n) is 9.15. The molecule has 0 aromatic carbocycles. The molecule has 3 heteroatoms. The molecule has 0 radical (unpaired) electrons. The van der Waals surface area contributed by atoms with E-state index < -0.39 is 5.96 Å². The Morgan fingerprint density at radius 3 is 1.62 bits per heavy atom. The smallest absolute Gasteiger partial charge is 0.138 e. The Kier molecular flexibility index (Phi) is 12.8. The first-order valence-corrected chi connectivity index (χ1v) is 9.60. The molecule has 0 saturated carbocycles. The Morgan fingerprint density at radius 1 is 0.846 bits per heavy atom. The molecule has 0 heterocycles. The van der Waals surface area contributed by atoms with E-state index in [9.17, 15) is 0 Å². The summed E-state index contributed by atoms with van der Waals surface area (Å²) in [5.74, 6) is -0.673. The molecule has 0 saturated heterocycles. The highest BCUT2D eigenvalue weighted by Crippen LogP contribution is 2.67. The molecule has 82 valence electrons. The van der Waals surface area contributed by atoms with Crippen molar-refractivity contribution in [1.29, 1.82) is 0 Å². The van der Waals surface area contributed by atoms with Gasteiger partial charge in [-0.05, 0) is 19.3 Å². The lowest BCUT2D eigenvalue weighted by atomic mass is 10.4. The molecule has 13 heavy (non-hydrogen) atoms. The zero-order chi connectivity index (χ0) is 9.45. The lowest BCUT2D eigenvalue weighted by Gasteiger charge is -2.18. The predicted octanol–water partition coefficient (Wildman–Crippen LogP) is 1.94. The van der Waals surface area contributed by atoms with Gasteiger partial charge in [-0.25, -0.2) is 0 Å². The summed E-state index contributed by atoms with van der Waals surface area (Å²) in [5.41, 5.74) is 0. The Hall–Kier alpha value is 1.39. The largest absolute Gasteiger partial charge is 1.00 e. The second-order valence-electron chi connectivity index (χ2n) is 3.55. The van der Waals surface area contributed by atoms with Crippen molar-refractivity contribution in [3.05, 3.63) is 0 Å². The molecule has 0 N–H and O–H groups in total. The van der Waals surface area contributed by atoms with Crippen molar-refractivity contribution < 1.29 is 17.0 Å². The van der Waals surface area contributed by atoms with Crippen molar-refractivity contribution in [2.75, 3.05) is 18.5 Å². The fraction of sp³-hybridized carbons (Fsp3) is 1.00. The normalized spacial score (nSPS) is 11.1. The van der Waals surface area contributed by atoms with Crippen molar-refractivity contribution in [2.24, 2.45) is 0 Å². The van der Waals surface area contributed by atoms with Crippen LogP contribution in [-0.2, 0) is 0 Å². The van der Waals surface area contributed by atoms with E-state index in [0.717, 1.165) is 0 Å². The first-order chi connectivity index (χ1) is 5.68.